The van der Waals surface area contributed by atoms with Crippen LogP contribution >= 0.6 is 0 Å². The highest BCUT2D eigenvalue weighted by Gasteiger charge is 2.56. The number of amides is 4. The normalized spacial score (nSPS) is 15.4. The molecule has 12 aromatic carbocycles. The van der Waals surface area contributed by atoms with E-state index in [4.69, 9.17) is 43.6 Å². The Labute approximate surface area is 861 Å². The van der Waals surface area contributed by atoms with Crippen molar-refractivity contribution in [3.63, 3.8) is 0 Å². The lowest BCUT2D eigenvalue weighted by molar-refractivity contribution is -0.135. The number of hydroxylamine groups is 4. The first-order valence-electron chi connectivity index (χ1n) is 49.1. The van der Waals surface area contributed by atoms with E-state index in [9.17, 15) is 76.4 Å². The third-order valence-corrected chi connectivity index (χ3v) is 37.3. The Morgan fingerprint density at radius 2 is 0.568 bits per heavy atom. The smallest absolute Gasteiger partial charge is 0.265 e. The van der Waals surface area contributed by atoms with Crippen molar-refractivity contribution < 1.29 is 120 Å². The third-order valence-electron chi connectivity index (χ3n) is 27.3. The van der Waals surface area contributed by atoms with Crippen LogP contribution < -0.4 is 40.9 Å². The Bertz CT molecular complexity index is 6900. The molecular formula is C113H124F3N5O23S4. The van der Waals surface area contributed by atoms with Crippen molar-refractivity contribution >= 4 is 63.0 Å². The molecule has 8 N–H and O–H groups in total. The lowest BCUT2D eigenvalue weighted by Gasteiger charge is -2.39. The Hall–Kier alpha value is -13.0. The van der Waals surface area contributed by atoms with Gasteiger partial charge in [-0.05, 0) is 309 Å². The standard InChI is InChI=1S/C30H35NO6S.C29H34N2O5S.C27H27F2NO6S.C27H28FNO6S/c1-22(2)24-8-10-25(11-9-24)26-7-3-5-23(21-26)6-4-18-37-27-12-14-28(15-13-27)38(34,35)30(29(32)31-33)16-19-36-20-17-30;1-2-31-19-17-29(18-20-31,28(32)30-33)37(34,35)27-15-13-26(14-16-27)36-21-7-9-23-8-6-12-25(22-23)24-10-4-3-5-11-24;28-22-16-21(17-23(29)18-22)20-5-1-3-19(15-20)4-2-12-36-24-6-8-25(9-7-24)37(33,34)27(26(31)30-32)10-13-35-14-11-27;28-23-8-6-21(7-9-23)22-5-1-3-20(19-22)4-2-16-35-24-10-12-25(13-11-24)36(32,33)27(26(30)29-31)14-17-34-18-15-27/h3,5,7-15,21-22,33H,4,6,16-20H2,1-2H3,(H,31,32);3-6,8,10-16,22,33H,2,7,9,17-21H2,1H3,(H,30,32);1,3,5-9,15-18,32H,2,4,10-14H2,(H,30,31);1,3,5-13,19,31H,2,4,14-18H2,(H,29,30). The summed E-state index contributed by atoms with van der Waals surface area (Å²) in [5.41, 5.74) is 19.9. The lowest BCUT2D eigenvalue weighted by atomic mass is 9.95. The van der Waals surface area contributed by atoms with E-state index in [1.165, 1.54) is 140 Å². The molecule has 784 valence electrons. The molecule has 0 aliphatic carbocycles. The topological polar surface area (TPSA) is 402 Å². The predicted octanol–water partition coefficient (Wildman–Crippen LogP) is 18.6. The van der Waals surface area contributed by atoms with Crippen LogP contribution in [0.4, 0.5) is 13.2 Å². The van der Waals surface area contributed by atoms with Crippen LogP contribution in [0.2, 0.25) is 0 Å². The zero-order valence-electron chi connectivity index (χ0n) is 82.6. The van der Waals surface area contributed by atoms with Gasteiger partial charge in [0.2, 0.25) is 0 Å². The second-order valence-electron chi connectivity index (χ2n) is 36.8. The van der Waals surface area contributed by atoms with Crippen molar-refractivity contribution in [1.29, 1.82) is 0 Å². The molecule has 0 unspecified atom stereocenters. The number of aryl methyl sites for hydroxylation is 4. The molecule has 28 nitrogen and oxygen atoms in total. The Balaban J connectivity index is 0.000000165. The van der Waals surface area contributed by atoms with Gasteiger partial charge < -0.3 is 38.1 Å². The van der Waals surface area contributed by atoms with E-state index in [2.05, 4.69) is 110 Å². The fourth-order valence-corrected chi connectivity index (χ4v) is 26.3. The molecule has 148 heavy (non-hydrogen) atoms. The number of hydrogen-bond donors (Lipinski definition) is 8. The Morgan fingerprint density at radius 1 is 0.311 bits per heavy atom. The molecule has 0 spiro atoms. The van der Waals surface area contributed by atoms with E-state index in [0.29, 0.717) is 92.4 Å². The van der Waals surface area contributed by atoms with Gasteiger partial charge in [0, 0.05) is 58.8 Å². The summed E-state index contributed by atoms with van der Waals surface area (Å²) in [6.45, 7) is 10.5. The second-order valence-corrected chi connectivity index (χ2v) is 45.9. The first kappa shape index (κ1) is 112. The van der Waals surface area contributed by atoms with Crippen LogP contribution in [0.15, 0.2) is 311 Å². The fourth-order valence-electron chi connectivity index (χ4n) is 18.5. The lowest BCUT2D eigenvalue weighted by Crippen LogP contribution is -2.57. The molecule has 4 amide bonds. The van der Waals surface area contributed by atoms with E-state index < -0.39 is 93.6 Å². The van der Waals surface area contributed by atoms with Crippen molar-refractivity contribution in [2.45, 2.75) is 168 Å². The molecule has 16 rings (SSSR count). The third kappa shape index (κ3) is 27.4. The molecule has 4 fully saturated rings. The summed E-state index contributed by atoms with van der Waals surface area (Å²) in [6, 6.07) is 85.2. The number of halogens is 3. The van der Waals surface area contributed by atoms with Gasteiger partial charge in [-0.25, -0.2) is 68.8 Å². The van der Waals surface area contributed by atoms with Gasteiger partial charge in [-0.2, -0.15) is 0 Å². The SMILES string of the molecule is CC(C)c1ccc(-c2cccc(CCCOc3ccc(S(=O)(=O)C4(C(=O)NO)CCOCC4)cc3)c2)cc1.CCN1CCC(C(=O)NO)(S(=O)(=O)c2ccc(OCCCc3cccc(-c4ccccc4)c3)cc2)CC1.O=C(NO)C1(S(=O)(=O)c2ccc(OCCCc3cccc(-c4cc(F)cc(F)c4)c3)cc2)CCOCC1.O=C(NO)C1(S(=O)(=O)c2ccc(OCCCc3cccc(-c4ccc(F)cc4)c3)cc2)CCOCC1. The number of ether oxygens (including phenoxy) is 7. The molecule has 4 saturated heterocycles. The molecule has 4 aliphatic heterocycles. The Kier molecular flexibility index (Phi) is 39.6. The molecule has 4 aliphatic rings. The highest BCUT2D eigenvalue weighted by atomic mass is 32.2. The van der Waals surface area contributed by atoms with Crippen molar-refractivity contribution in [3.05, 3.63) is 336 Å². The summed E-state index contributed by atoms with van der Waals surface area (Å²) >= 11 is 0. The van der Waals surface area contributed by atoms with E-state index in [1.54, 1.807) is 60.1 Å². The molecule has 0 radical (unpaired) electrons. The van der Waals surface area contributed by atoms with E-state index >= 15 is 0 Å². The van der Waals surface area contributed by atoms with Crippen molar-refractivity contribution in [1.82, 2.24) is 26.8 Å². The van der Waals surface area contributed by atoms with Gasteiger partial charge in [0.15, 0.2) is 58.3 Å². The zero-order chi connectivity index (χ0) is 106. The summed E-state index contributed by atoms with van der Waals surface area (Å²) in [6.07, 6.45) is 6.17. The van der Waals surface area contributed by atoms with Crippen LogP contribution in [0.25, 0.3) is 44.5 Å². The molecular weight excluding hydrogens is 1980 g/mol. The van der Waals surface area contributed by atoms with Crippen LogP contribution in [0, 0.1) is 17.5 Å². The van der Waals surface area contributed by atoms with E-state index in [-0.39, 0.29) is 116 Å². The van der Waals surface area contributed by atoms with Crippen LogP contribution in [-0.4, -0.2) is 188 Å². The van der Waals surface area contributed by atoms with Gasteiger partial charge in [-0.1, -0.05) is 185 Å². The van der Waals surface area contributed by atoms with Crippen LogP contribution in [0.1, 0.15) is 132 Å². The summed E-state index contributed by atoms with van der Waals surface area (Å²) in [4.78, 5) is 51.7. The summed E-state index contributed by atoms with van der Waals surface area (Å²) in [5.74, 6) is -2.65. The molecule has 0 saturated carbocycles. The first-order valence-corrected chi connectivity index (χ1v) is 55.1. The van der Waals surface area contributed by atoms with Crippen LogP contribution in [-0.2, 0) is 98.4 Å². The minimum absolute atomic E-state index is 0.00796. The molecule has 0 atom stereocenters. The van der Waals surface area contributed by atoms with Gasteiger partial charge in [0.1, 0.15) is 40.4 Å². The summed E-state index contributed by atoms with van der Waals surface area (Å²) in [5, 5.41) is 36.8. The largest absolute Gasteiger partial charge is 0.494 e. The summed E-state index contributed by atoms with van der Waals surface area (Å²) < 4.78 is 179. The molecule has 0 aromatic heterocycles. The van der Waals surface area contributed by atoms with Gasteiger partial charge in [0.25, 0.3) is 23.6 Å². The number of sulfone groups is 4. The number of hydrogen-bond acceptors (Lipinski definition) is 24. The molecule has 35 heteroatoms. The number of carbonyl (C=O) groups excluding carboxylic acids is 4. The van der Waals surface area contributed by atoms with Crippen molar-refractivity contribution in [2.24, 2.45) is 0 Å². The minimum Gasteiger partial charge on any atom is -0.494 e. The number of carbonyl (C=O) groups is 4. The predicted molar refractivity (Wildman–Crippen MR) is 553 cm³/mol. The van der Waals surface area contributed by atoms with E-state index in [0.717, 1.165) is 73.4 Å². The maximum Gasteiger partial charge on any atom is 0.265 e. The van der Waals surface area contributed by atoms with Crippen molar-refractivity contribution in [2.75, 3.05) is 85.7 Å². The molecule has 4 heterocycles. The number of likely N-dealkylation sites (tertiary alicyclic amines) is 1. The van der Waals surface area contributed by atoms with Gasteiger partial charge in [0.05, 0.1) is 46.0 Å². The minimum atomic E-state index is -4.10. The van der Waals surface area contributed by atoms with E-state index in [1.807, 2.05) is 61.5 Å². The fraction of sp³-hybridized carbons (Fsp3) is 0.327. The zero-order valence-corrected chi connectivity index (χ0v) is 85.8. The average Bonchev–Trinajstić information content (AvgIpc) is 0.762. The quantitative estimate of drug-likeness (QED) is 0.0101. The number of rotatable bonds is 38. The number of piperidine rings is 1. The maximum atomic E-state index is 13.6. The monoisotopic (exact) mass is 2100 g/mol. The van der Waals surface area contributed by atoms with Gasteiger partial charge in [-0.15, -0.1) is 0 Å². The van der Waals surface area contributed by atoms with Crippen LogP contribution in [0.3, 0.4) is 0 Å². The highest BCUT2D eigenvalue weighted by Crippen LogP contribution is 2.42. The first-order chi connectivity index (χ1) is 71.3. The average molecular weight is 2110 g/mol. The highest BCUT2D eigenvalue weighted by molar-refractivity contribution is 7.94. The van der Waals surface area contributed by atoms with Gasteiger partial charge >= 0.3 is 0 Å². The molecule has 0 bridgehead atoms. The number of benzene rings is 12. The number of nitrogens with one attached hydrogen (secondary N) is 4. The van der Waals surface area contributed by atoms with Crippen molar-refractivity contribution in [3.8, 4) is 67.5 Å². The maximum absolute atomic E-state index is 13.6. The van der Waals surface area contributed by atoms with Crippen LogP contribution in [0.5, 0.6) is 23.0 Å². The Morgan fingerprint density at radius 3 is 0.838 bits per heavy atom. The summed E-state index contributed by atoms with van der Waals surface area (Å²) in [7, 11) is -16.3. The molecule has 12 aromatic rings. The van der Waals surface area contributed by atoms with Gasteiger partial charge in [-0.3, -0.25) is 40.0 Å². The number of nitrogens with zero attached hydrogens (tertiary/aromatic N) is 1. The second kappa shape index (κ2) is 52.2.